The number of aromatic nitrogens is 4. The summed E-state index contributed by atoms with van der Waals surface area (Å²) in [6.07, 6.45) is 27.5. The number of hydrogen-bond acceptors (Lipinski definition) is 4. The quantitative estimate of drug-likeness (QED) is 0.0826. The minimum absolute atomic E-state index is 0. The summed E-state index contributed by atoms with van der Waals surface area (Å²) in [4.78, 5) is 19.5. The Morgan fingerprint density at radius 1 is 0.576 bits per heavy atom. The van der Waals surface area contributed by atoms with Crippen molar-refractivity contribution in [1.82, 2.24) is 19.9 Å². The zero-order chi connectivity index (χ0) is 38.6. The summed E-state index contributed by atoms with van der Waals surface area (Å²) in [6, 6.07) is 35.1. The van der Waals surface area contributed by atoms with Crippen LogP contribution in [0.2, 0.25) is 0 Å². The van der Waals surface area contributed by atoms with Crippen LogP contribution in [0.25, 0.3) is 22.3 Å². The van der Waals surface area contributed by atoms with Crippen molar-refractivity contribution < 1.29 is 17.1 Å². The molecule has 2 aromatic heterocycles. The minimum atomic E-state index is -0.705. The first-order valence-electron chi connectivity index (χ1n) is 22.3. The average molecular weight is 855 g/mol. The minimum Gasteiger partial charge on any atom is -0.748 e. The summed E-state index contributed by atoms with van der Waals surface area (Å²) in [6.45, 7) is 0. The van der Waals surface area contributed by atoms with Crippen LogP contribution in [0.1, 0.15) is 86.7 Å². The fourth-order valence-corrected chi connectivity index (χ4v) is 19.3. The molecule has 0 N–H and O–H groups in total. The van der Waals surface area contributed by atoms with Gasteiger partial charge in [0.2, 0.25) is 0 Å². The van der Waals surface area contributed by atoms with Crippen LogP contribution in [0.3, 0.4) is 0 Å². The van der Waals surface area contributed by atoms with Gasteiger partial charge in [0.05, 0.1) is 16.5 Å². The molecule has 0 aliphatic heterocycles. The van der Waals surface area contributed by atoms with Crippen molar-refractivity contribution in [3.8, 4) is 22.3 Å². The van der Waals surface area contributed by atoms with Crippen molar-refractivity contribution in [3.63, 3.8) is 0 Å². The number of benzene rings is 2. The maximum absolute atomic E-state index is 5.06. The first kappa shape index (κ1) is 39.8. The second kappa shape index (κ2) is 16.9. The zero-order valence-electron chi connectivity index (χ0n) is 33.9. The predicted molar refractivity (Wildman–Crippen MR) is 241 cm³/mol. The molecule has 8 fully saturated rings. The largest absolute Gasteiger partial charge is 0.748 e. The average Bonchev–Trinajstić information content (AvgIpc) is 3.97. The Morgan fingerprint density at radius 3 is 1.41 bits per heavy atom. The molecule has 0 spiro atoms. The van der Waals surface area contributed by atoms with Gasteiger partial charge in [-0.05, 0) is 129 Å². The van der Waals surface area contributed by atoms with Crippen LogP contribution in [0.4, 0.5) is 0 Å². The molecule has 0 amide bonds. The van der Waals surface area contributed by atoms with Gasteiger partial charge >= 0.3 is 0 Å². The number of rotatable bonds is 9. The molecule has 4 aromatic carbocycles. The SMILES string of the molecule is PC(c1cnccn1)(c1cnccn1)[c-]1cc(-c2ccccc2)c(-c2ccccc2)c1CP(C1C2CC3CC(C2)CC1C3)C1C2CC3CC(C2)CC1C3.[Fe].[cH-]1[cH-][cH-][cH-][cH-]1. The Kier molecular flexibility index (Phi) is 11.4. The first-order valence-corrected chi connectivity index (χ1v) is 24.5. The molecule has 2 heterocycles. The Hall–Kier alpha value is -3.32. The third kappa shape index (κ3) is 7.35. The van der Waals surface area contributed by atoms with E-state index in [2.05, 4.69) is 85.9 Å². The molecule has 6 aromatic rings. The van der Waals surface area contributed by atoms with Crippen LogP contribution in [0.5, 0.6) is 0 Å². The third-order valence-corrected chi connectivity index (χ3v) is 20.5. The summed E-state index contributed by atoms with van der Waals surface area (Å²) in [5.41, 5.74) is 11.8. The van der Waals surface area contributed by atoms with Crippen LogP contribution in [0, 0.1) is 47.3 Å². The molecule has 8 aliphatic rings. The fraction of sp³-hybridized carbons (Fsp3) is 0.423. The fourth-order valence-electron chi connectivity index (χ4n) is 14.1. The molecule has 8 saturated carbocycles. The molecule has 7 heteroatoms. The van der Waals surface area contributed by atoms with E-state index >= 15 is 0 Å². The molecule has 0 radical (unpaired) electrons. The summed E-state index contributed by atoms with van der Waals surface area (Å²) in [7, 11) is 3.01. The van der Waals surface area contributed by atoms with Gasteiger partial charge in [0.25, 0.3) is 0 Å². The van der Waals surface area contributed by atoms with E-state index in [1.807, 2.05) is 55.1 Å². The maximum atomic E-state index is 5.06. The van der Waals surface area contributed by atoms with Crippen molar-refractivity contribution in [1.29, 1.82) is 0 Å². The van der Waals surface area contributed by atoms with E-state index in [1.165, 1.54) is 104 Å². The van der Waals surface area contributed by atoms with Gasteiger partial charge in [-0.3, -0.25) is 19.9 Å². The van der Waals surface area contributed by atoms with Crippen LogP contribution >= 0.6 is 17.2 Å². The van der Waals surface area contributed by atoms with Crippen LogP contribution < -0.4 is 0 Å². The van der Waals surface area contributed by atoms with E-state index in [0.717, 1.165) is 70.0 Å². The molecular weight excluding hydrogens is 798 g/mol. The van der Waals surface area contributed by atoms with Gasteiger partial charge in [-0.25, -0.2) is 0 Å². The van der Waals surface area contributed by atoms with Gasteiger partial charge in [0.1, 0.15) is 0 Å². The normalized spacial score (nSPS) is 30.3. The molecule has 8 aliphatic carbocycles. The number of hydrogen-bond donors (Lipinski definition) is 0. The Bertz CT molecular complexity index is 2120. The molecule has 1 atom stereocenters. The summed E-state index contributed by atoms with van der Waals surface area (Å²) in [5, 5.41) is -0.705. The van der Waals surface area contributed by atoms with E-state index in [-0.39, 0.29) is 25.0 Å². The van der Waals surface area contributed by atoms with Crippen LogP contribution in [-0.2, 0) is 28.4 Å². The molecule has 4 nitrogen and oxygen atoms in total. The molecule has 0 saturated heterocycles. The first-order chi connectivity index (χ1) is 28.6. The van der Waals surface area contributed by atoms with Crippen LogP contribution in [0.15, 0.2) is 134 Å². The van der Waals surface area contributed by atoms with Gasteiger partial charge in [-0.2, -0.15) is 22.8 Å². The van der Waals surface area contributed by atoms with Gasteiger partial charge in [-0.1, -0.05) is 79.7 Å². The Labute approximate surface area is 365 Å². The third-order valence-electron chi connectivity index (χ3n) is 15.7. The van der Waals surface area contributed by atoms with Gasteiger partial charge < -0.3 is 30.3 Å². The van der Waals surface area contributed by atoms with Crippen molar-refractivity contribution in [2.45, 2.75) is 86.8 Å². The van der Waals surface area contributed by atoms with Crippen molar-refractivity contribution in [2.24, 2.45) is 47.3 Å². The standard InChI is InChI=1S/C47H51N4P2.C5H5.Fe/c52-47(42-26-48-11-13-50-42,43-27-49-12-14-51-43)41-25-39(33-7-3-1-4-8-33)44(34-9-5-2-6-10-34)40(41)28-53(45-35-17-29-15-30(19-35)20-36(45)18-29)46-37-21-31-16-32(23-37)24-38(46)22-31;1-2-4-5-3-1;/h1-14,25-27,29-32,35-38,45-46H,15-24,28,52H2;1-5H;/q-1;-5;. The maximum Gasteiger partial charge on any atom is 0.0674 e. The number of nitrogens with zero attached hydrogens (tertiary/aromatic N) is 4. The molecule has 59 heavy (non-hydrogen) atoms. The molecule has 8 bridgehead atoms. The molecule has 1 unspecified atom stereocenters. The van der Waals surface area contributed by atoms with Crippen molar-refractivity contribution in [3.05, 3.63) is 157 Å². The Balaban J connectivity index is 0.000000655. The molecular formula is C52H56FeN4P2-6. The summed E-state index contributed by atoms with van der Waals surface area (Å²) in [5.74, 6) is 7.72. The zero-order valence-corrected chi connectivity index (χ0v) is 37.1. The molecule has 308 valence electrons. The Morgan fingerprint density at radius 2 is 1.00 bits per heavy atom. The van der Waals surface area contributed by atoms with Gasteiger partial charge in [-0.15, -0.1) is 14.8 Å². The van der Waals surface area contributed by atoms with E-state index in [0.29, 0.717) is 0 Å². The second-order valence-corrected chi connectivity index (χ2v) is 22.4. The van der Waals surface area contributed by atoms with E-state index in [9.17, 15) is 0 Å². The molecule has 14 rings (SSSR count). The topological polar surface area (TPSA) is 51.6 Å². The summed E-state index contributed by atoms with van der Waals surface area (Å²) < 4.78 is 0. The van der Waals surface area contributed by atoms with E-state index < -0.39 is 5.16 Å². The van der Waals surface area contributed by atoms with E-state index in [4.69, 9.17) is 9.97 Å². The van der Waals surface area contributed by atoms with Gasteiger partial charge in [0.15, 0.2) is 0 Å². The van der Waals surface area contributed by atoms with E-state index in [1.54, 1.807) is 12.4 Å². The monoisotopic (exact) mass is 854 g/mol. The van der Waals surface area contributed by atoms with Gasteiger partial charge in [0, 0.05) is 54.2 Å². The predicted octanol–water partition coefficient (Wildman–Crippen LogP) is 12.5. The second-order valence-electron chi connectivity index (χ2n) is 19.0. The van der Waals surface area contributed by atoms with Crippen molar-refractivity contribution >= 4 is 17.2 Å². The van der Waals surface area contributed by atoms with Crippen molar-refractivity contribution in [2.75, 3.05) is 0 Å². The smallest absolute Gasteiger partial charge is 0.0674 e. The van der Waals surface area contributed by atoms with Crippen LogP contribution in [-0.4, -0.2) is 31.3 Å². The summed E-state index contributed by atoms with van der Waals surface area (Å²) >= 11 is 0.